The molecule has 0 aliphatic heterocycles. The van der Waals surface area contributed by atoms with Crippen molar-refractivity contribution in [1.29, 1.82) is 0 Å². The molecule has 0 saturated heterocycles. The third kappa shape index (κ3) is 5.45. The highest BCUT2D eigenvalue weighted by Gasteiger charge is 2.22. The number of nitrogens with one attached hydrogen (secondary N) is 1. The lowest BCUT2D eigenvalue weighted by Gasteiger charge is -2.21. The average molecular weight is 397 g/mol. The van der Waals surface area contributed by atoms with Crippen molar-refractivity contribution in [2.24, 2.45) is 0 Å². The maximum Gasteiger partial charge on any atom is 0.239 e. The molecule has 0 atom stereocenters. The van der Waals surface area contributed by atoms with Crippen LogP contribution in [0.1, 0.15) is 11.1 Å². The topological polar surface area (TPSA) is 75.7 Å². The van der Waals surface area contributed by atoms with Gasteiger partial charge in [-0.3, -0.25) is 4.79 Å². The van der Waals surface area contributed by atoms with Gasteiger partial charge in [-0.2, -0.15) is 4.31 Å². The SMILES string of the molecule is COc1ccccc1CN(CC(=O)Nc1ccc(Cl)cc1C)S(C)(=O)=O. The second kappa shape index (κ2) is 8.53. The van der Waals surface area contributed by atoms with Gasteiger partial charge in [0.15, 0.2) is 0 Å². The molecule has 2 aromatic rings. The molecule has 2 rings (SSSR count). The Kier molecular flexibility index (Phi) is 6.63. The summed E-state index contributed by atoms with van der Waals surface area (Å²) in [5, 5.41) is 3.28. The number of sulfonamides is 1. The van der Waals surface area contributed by atoms with Crippen LogP contribution in [0.15, 0.2) is 42.5 Å². The van der Waals surface area contributed by atoms with Crippen LogP contribution in [0.5, 0.6) is 5.75 Å². The third-order valence-electron chi connectivity index (χ3n) is 3.79. The van der Waals surface area contributed by atoms with Gasteiger partial charge in [0.25, 0.3) is 0 Å². The summed E-state index contributed by atoms with van der Waals surface area (Å²) >= 11 is 5.90. The number of halogens is 1. The molecule has 2 aromatic carbocycles. The van der Waals surface area contributed by atoms with Gasteiger partial charge in [0.1, 0.15) is 5.75 Å². The zero-order valence-corrected chi connectivity index (χ0v) is 16.4. The molecule has 0 unspecified atom stereocenters. The summed E-state index contributed by atoms with van der Waals surface area (Å²) in [6, 6.07) is 12.2. The highest BCUT2D eigenvalue weighted by atomic mass is 35.5. The van der Waals surface area contributed by atoms with Crippen molar-refractivity contribution in [3.63, 3.8) is 0 Å². The standard InChI is InChI=1S/C18H21ClN2O4S/c1-13-10-15(19)8-9-16(13)20-18(22)12-21(26(3,23)24)11-14-6-4-5-7-17(14)25-2/h4-10H,11-12H2,1-3H3,(H,20,22). The van der Waals surface area contributed by atoms with E-state index in [1.54, 1.807) is 42.5 Å². The maximum atomic E-state index is 12.4. The van der Waals surface area contributed by atoms with Gasteiger partial charge >= 0.3 is 0 Å². The second-order valence-corrected chi connectivity index (χ2v) is 8.27. The molecule has 0 spiro atoms. The van der Waals surface area contributed by atoms with Gasteiger partial charge in [-0.25, -0.2) is 8.42 Å². The Balaban J connectivity index is 2.16. The Hall–Kier alpha value is -2.09. The van der Waals surface area contributed by atoms with Crippen LogP contribution in [0.3, 0.4) is 0 Å². The number of amides is 1. The van der Waals surface area contributed by atoms with Gasteiger partial charge in [-0.15, -0.1) is 0 Å². The smallest absolute Gasteiger partial charge is 0.239 e. The van der Waals surface area contributed by atoms with Crippen molar-refractivity contribution < 1.29 is 17.9 Å². The van der Waals surface area contributed by atoms with Crippen molar-refractivity contribution in [2.45, 2.75) is 13.5 Å². The Morgan fingerprint density at radius 1 is 1.23 bits per heavy atom. The van der Waals surface area contributed by atoms with Crippen molar-refractivity contribution in [1.82, 2.24) is 4.31 Å². The van der Waals surface area contributed by atoms with Gasteiger partial charge in [-0.05, 0) is 36.8 Å². The first-order valence-corrected chi connectivity index (χ1v) is 10.1. The summed E-state index contributed by atoms with van der Waals surface area (Å²) in [6.45, 7) is 1.54. The molecule has 1 N–H and O–H groups in total. The highest BCUT2D eigenvalue weighted by Crippen LogP contribution is 2.22. The van der Waals surface area contributed by atoms with Crippen molar-refractivity contribution in [3.8, 4) is 5.75 Å². The fraction of sp³-hybridized carbons (Fsp3) is 0.278. The Labute approximate surface area is 158 Å². The molecule has 1 amide bonds. The van der Waals surface area contributed by atoms with Crippen LogP contribution in [-0.4, -0.2) is 38.5 Å². The molecule has 0 radical (unpaired) electrons. The molecule has 8 heteroatoms. The zero-order valence-electron chi connectivity index (χ0n) is 14.8. The number of carbonyl (C=O) groups is 1. The fourth-order valence-corrected chi connectivity index (χ4v) is 3.38. The largest absolute Gasteiger partial charge is 0.496 e. The predicted octanol–water partition coefficient (Wildman–Crippen LogP) is 3.06. The van der Waals surface area contributed by atoms with E-state index in [1.807, 2.05) is 6.92 Å². The van der Waals surface area contributed by atoms with Crippen LogP contribution in [0, 0.1) is 6.92 Å². The van der Waals surface area contributed by atoms with Gasteiger partial charge < -0.3 is 10.1 Å². The molecule has 140 valence electrons. The van der Waals surface area contributed by atoms with E-state index in [-0.39, 0.29) is 13.1 Å². The number of rotatable bonds is 7. The number of ether oxygens (including phenoxy) is 1. The van der Waals surface area contributed by atoms with Crippen LogP contribution in [0.2, 0.25) is 5.02 Å². The number of methoxy groups -OCH3 is 1. The summed E-state index contributed by atoms with van der Waals surface area (Å²) in [6.07, 6.45) is 1.07. The second-order valence-electron chi connectivity index (χ2n) is 5.85. The minimum absolute atomic E-state index is 0.0376. The normalized spacial score (nSPS) is 11.4. The number of hydrogen-bond donors (Lipinski definition) is 1. The van der Waals surface area contributed by atoms with E-state index >= 15 is 0 Å². The Morgan fingerprint density at radius 2 is 1.92 bits per heavy atom. The predicted molar refractivity (Wildman–Crippen MR) is 103 cm³/mol. The lowest BCUT2D eigenvalue weighted by atomic mass is 10.2. The molecular weight excluding hydrogens is 376 g/mol. The zero-order chi connectivity index (χ0) is 19.3. The van der Waals surface area contributed by atoms with Gasteiger partial charge in [-0.1, -0.05) is 29.8 Å². The summed E-state index contributed by atoms with van der Waals surface area (Å²) in [4.78, 5) is 12.4. The van der Waals surface area contributed by atoms with E-state index in [1.165, 1.54) is 7.11 Å². The minimum Gasteiger partial charge on any atom is -0.496 e. The van der Waals surface area contributed by atoms with E-state index in [2.05, 4.69) is 5.32 Å². The van der Waals surface area contributed by atoms with Crippen molar-refractivity contribution in [3.05, 3.63) is 58.6 Å². The average Bonchev–Trinajstić information content (AvgIpc) is 2.56. The molecule has 0 heterocycles. The van der Waals surface area contributed by atoms with E-state index in [9.17, 15) is 13.2 Å². The Bertz CT molecular complexity index is 900. The lowest BCUT2D eigenvalue weighted by molar-refractivity contribution is -0.116. The highest BCUT2D eigenvalue weighted by molar-refractivity contribution is 7.88. The van der Waals surface area contributed by atoms with E-state index < -0.39 is 15.9 Å². The molecule has 0 aliphatic carbocycles. The number of anilines is 1. The van der Waals surface area contributed by atoms with Crippen molar-refractivity contribution >= 4 is 33.2 Å². The van der Waals surface area contributed by atoms with Gasteiger partial charge in [0.2, 0.25) is 15.9 Å². The first kappa shape index (κ1) is 20.2. The molecule has 0 aliphatic rings. The maximum absolute atomic E-state index is 12.4. The summed E-state index contributed by atoms with van der Waals surface area (Å²) in [7, 11) is -2.08. The fourth-order valence-electron chi connectivity index (χ4n) is 2.43. The van der Waals surface area contributed by atoms with Crippen LogP contribution in [0.4, 0.5) is 5.69 Å². The minimum atomic E-state index is -3.60. The molecule has 6 nitrogen and oxygen atoms in total. The van der Waals surface area contributed by atoms with E-state index in [0.717, 1.165) is 16.1 Å². The summed E-state index contributed by atoms with van der Waals surface area (Å²) < 4.78 is 30.6. The molecule has 0 fully saturated rings. The van der Waals surface area contributed by atoms with Crippen LogP contribution in [-0.2, 0) is 21.4 Å². The monoisotopic (exact) mass is 396 g/mol. The number of para-hydroxylation sites is 1. The summed E-state index contributed by atoms with van der Waals surface area (Å²) in [5.41, 5.74) is 2.06. The number of benzene rings is 2. The molecular formula is C18H21ClN2O4S. The molecule has 26 heavy (non-hydrogen) atoms. The first-order chi connectivity index (χ1) is 12.2. The quantitative estimate of drug-likeness (QED) is 0.780. The Morgan fingerprint density at radius 3 is 2.54 bits per heavy atom. The van der Waals surface area contributed by atoms with E-state index in [4.69, 9.17) is 16.3 Å². The first-order valence-electron chi connectivity index (χ1n) is 7.83. The summed E-state index contributed by atoms with van der Waals surface area (Å²) in [5.74, 6) is 0.130. The number of aryl methyl sites for hydroxylation is 1. The number of nitrogens with zero attached hydrogens (tertiary/aromatic N) is 1. The number of hydrogen-bond acceptors (Lipinski definition) is 4. The lowest BCUT2D eigenvalue weighted by Crippen LogP contribution is -2.37. The van der Waals surface area contributed by atoms with E-state index in [0.29, 0.717) is 22.0 Å². The van der Waals surface area contributed by atoms with Crippen LogP contribution < -0.4 is 10.1 Å². The van der Waals surface area contributed by atoms with Gasteiger partial charge in [0.05, 0.1) is 19.9 Å². The van der Waals surface area contributed by atoms with Crippen LogP contribution >= 0.6 is 11.6 Å². The molecule has 0 saturated carbocycles. The number of carbonyl (C=O) groups excluding carboxylic acids is 1. The molecule has 0 aromatic heterocycles. The van der Waals surface area contributed by atoms with Crippen molar-refractivity contribution in [2.75, 3.05) is 25.2 Å². The van der Waals surface area contributed by atoms with Crippen LogP contribution in [0.25, 0.3) is 0 Å². The third-order valence-corrected chi connectivity index (χ3v) is 5.22. The molecule has 0 bridgehead atoms. The van der Waals surface area contributed by atoms with Gasteiger partial charge in [0, 0.05) is 22.8 Å².